The van der Waals surface area contributed by atoms with Gasteiger partial charge in [0, 0.05) is 12.4 Å². The van der Waals surface area contributed by atoms with Crippen LogP contribution in [0.1, 0.15) is 69.9 Å². The van der Waals surface area contributed by atoms with Crippen molar-refractivity contribution in [1.29, 1.82) is 0 Å². The predicted molar refractivity (Wildman–Crippen MR) is 105 cm³/mol. The maximum absolute atomic E-state index is 14.6. The van der Waals surface area contributed by atoms with Gasteiger partial charge in [0.15, 0.2) is 5.82 Å². The van der Waals surface area contributed by atoms with Crippen LogP contribution in [0.3, 0.4) is 0 Å². The molecule has 0 unspecified atom stereocenters. The molecule has 3 rings (SSSR count). The van der Waals surface area contributed by atoms with Gasteiger partial charge in [-0.3, -0.25) is 0 Å². The summed E-state index contributed by atoms with van der Waals surface area (Å²) in [7, 11) is 0. The second kappa shape index (κ2) is 9.25. The van der Waals surface area contributed by atoms with E-state index in [0.29, 0.717) is 11.4 Å². The molecule has 1 fully saturated rings. The highest BCUT2D eigenvalue weighted by molar-refractivity contribution is 5.56. The monoisotopic (exact) mass is 354 g/mol. The molecule has 0 saturated heterocycles. The van der Waals surface area contributed by atoms with E-state index in [9.17, 15) is 4.39 Å². The van der Waals surface area contributed by atoms with Crippen LogP contribution >= 0.6 is 0 Å². The van der Waals surface area contributed by atoms with E-state index in [0.717, 1.165) is 42.2 Å². The van der Waals surface area contributed by atoms with Gasteiger partial charge in [-0.15, -0.1) is 0 Å². The summed E-state index contributed by atoms with van der Waals surface area (Å²) in [5.41, 5.74) is 2.69. The first-order valence-corrected chi connectivity index (χ1v) is 10.3. The van der Waals surface area contributed by atoms with Crippen LogP contribution in [0.2, 0.25) is 0 Å². The van der Waals surface area contributed by atoms with Crippen molar-refractivity contribution in [1.82, 2.24) is 9.97 Å². The van der Waals surface area contributed by atoms with E-state index in [-0.39, 0.29) is 5.82 Å². The summed E-state index contributed by atoms with van der Waals surface area (Å²) in [4.78, 5) is 8.68. The smallest absolute Gasteiger partial charge is 0.162 e. The quantitative estimate of drug-likeness (QED) is 0.576. The molecule has 1 aromatic heterocycles. The summed E-state index contributed by atoms with van der Waals surface area (Å²) in [6, 6.07) is 5.56. The fourth-order valence-electron chi connectivity index (χ4n) is 4.11. The lowest BCUT2D eigenvalue weighted by atomic mass is 9.78. The average molecular weight is 355 g/mol. The minimum Gasteiger partial charge on any atom is -0.236 e. The summed E-state index contributed by atoms with van der Waals surface area (Å²) in [5.74, 6) is 2.02. The molecule has 140 valence electrons. The summed E-state index contributed by atoms with van der Waals surface area (Å²) >= 11 is 0. The Balaban J connectivity index is 1.59. The first-order valence-electron chi connectivity index (χ1n) is 10.3. The maximum atomic E-state index is 14.6. The van der Waals surface area contributed by atoms with Gasteiger partial charge in [0.05, 0.1) is 5.56 Å². The molecule has 0 spiro atoms. The highest BCUT2D eigenvalue weighted by Gasteiger charge is 2.19. The number of halogens is 1. The Hall–Kier alpha value is -1.77. The summed E-state index contributed by atoms with van der Waals surface area (Å²) in [6.07, 6.45) is 14.5. The van der Waals surface area contributed by atoms with Gasteiger partial charge in [-0.2, -0.15) is 0 Å². The predicted octanol–water partition coefficient (Wildman–Crippen LogP) is 6.38. The number of hydrogen-bond donors (Lipinski definition) is 0. The van der Waals surface area contributed by atoms with Gasteiger partial charge in [-0.05, 0) is 54.4 Å². The van der Waals surface area contributed by atoms with Crippen molar-refractivity contribution < 1.29 is 4.39 Å². The third-order valence-electron chi connectivity index (χ3n) is 5.90. The van der Waals surface area contributed by atoms with Crippen LogP contribution in [0.25, 0.3) is 11.4 Å². The minimum atomic E-state index is -0.208. The van der Waals surface area contributed by atoms with Gasteiger partial charge in [0.25, 0.3) is 0 Å². The zero-order valence-electron chi connectivity index (χ0n) is 16.2. The van der Waals surface area contributed by atoms with Crippen LogP contribution in [0.15, 0.2) is 30.6 Å². The van der Waals surface area contributed by atoms with Crippen LogP contribution in [-0.4, -0.2) is 9.97 Å². The minimum absolute atomic E-state index is 0.208. The zero-order chi connectivity index (χ0) is 18.4. The number of hydrogen-bond acceptors (Lipinski definition) is 2. The molecule has 0 aliphatic heterocycles. The molecule has 0 N–H and O–H groups in total. The van der Waals surface area contributed by atoms with Crippen LogP contribution in [0, 0.1) is 17.7 Å². The molecule has 1 saturated carbocycles. The number of rotatable bonds is 7. The molecule has 0 bridgehead atoms. The molecule has 0 radical (unpaired) electrons. The number of aromatic nitrogens is 2. The third-order valence-corrected chi connectivity index (χ3v) is 5.90. The van der Waals surface area contributed by atoms with E-state index in [2.05, 4.69) is 23.8 Å². The number of aryl methyl sites for hydroxylation is 2. The van der Waals surface area contributed by atoms with Crippen molar-refractivity contribution in [2.45, 2.75) is 71.6 Å². The molecule has 2 aromatic rings. The summed E-state index contributed by atoms with van der Waals surface area (Å²) in [5, 5.41) is 0. The Labute approximate surface area is 157 Å². The van der Waals surface area contributed by atoms with Crippen molar-refractivity contribution in [2.75, 3.05) is 0 Å². The molecular weight excluding hydrogens is 323 g/mol. The topological polar surface area (TPSA) is 25.8 Å². The summed E-state index contributed by atoms with van der Waals surface area (Å²) < 4.78 is 14.6. The average Bonchev–Trinajstić information content (AvgIpc) is 2.68. The normalized spacial score (nSPS) is 20.3. The van der Waals surface area contributed by atoms with E-state index in [4.69, 9.17) is 0 Å². The molecule has 3 heteroatoms. The molecule has 1 heterocycles. The van der Waals surface area contributed by atoms with Gasteiger partial charge in [-0.25, -0.2) is 14.4 Å². The van der Waals surface area contributed by atoms with Crippen LogP contribution < -0.4 is 0 Å². The van der Waals surface area contributed by atoms with E-state index in [1.54, 1.807) is 6.07 Å². The SMILES string of the molecule is CCCc1cnc(-c2ccc(CCC3CCC(CC)CC3)cc2F)nc1. The van der Waals surface area contributed by atoms with Crippen LogP contribution in [0.5, 0.6) is 0 Å². The molecular formula is C23H31FN2. The Morgan fingerprint density at radius 2 is 1.62 bits per heavy atom. The number of benzene rings is 1. The lowest BCUT2D eigenvalue weighted by Gasteiger charge is -2.27. The van der Waals surface area contributed by atoms with Crippen molar-refractivity contribution >= 4 is 0 Å². The Bertz CT molecular complexity index is 688. The van der Waals surface area contributed by atoms with Gasteiger partial charge in [-0.1, -0.05) is 58.4 Å². The largest absolute Gasteiger partial charge is 0.236 e. The van der Waals surface area contributed by atoms with E-state index >= 15 is 0 Å². The van der Waals surface area contributed by atoms with Crippen molar-refractivity contribution in [2.24, 2.45) is 11.8 Å². The highest BCUT2D eigenvalue weighted by atomic mass is 19.1. The van der Waals surface area contributed by atoms with E-state index in [1.165, 1.54) is 38.5 Å². The molecule has 2 nitrogen and oxygen atoms in total. The highest BCUT2D eigenvalue weighted by Crippen LogP contribution is 2.33. The first-order chi connectivity index (χ1) is 12.7. The Morgan fingerprint density at radius 1 is 0.923 bits per heavy atom. The van der Waals surface area contributed by atoms with Gasteiger partial charge in [0.1, 0.15) is 5.82 Å². The molecule has 1 aliphatic carbocycles. The molecule has 26 heavy (non-hydrogen) atoms. The fourth-order valence-corrected chi connectivity index (χ4v) is 4.11. The lowest BCUT2D eigenvalue weighted by molar-refractivity contribution is 0.259. The van der Waals surface area contributed by atoms with Crippen molar-refractivity contribution in [3.63, 3.8) is 0 Å². The Kier molecular flexibility index (Phi) is 6.76. The van der Waals surface area contributed by atoms with Crippen LogP contribution in [-0.2, 0) is 12.8 Å². The first kappa shape index (κ1) is 19.0. The number of nitrogens with zero attached hydrogens (tertiary/aromatic N) is 2. The van der Waals surface area contributed by atoms with E-state index in [1.807, 2.05) is 24.5 Å². The van der Waals surface area contributed by atoms with Gasteiger partial charge < -0.3 is 0 Å². The Morgan fingerprint density at radius 3 is 2.23 bits per heavy atom. The third kappa shape index (κ3) is 4.90. The zero-order valence-corrected chi connectivity index (χ0v) is 16.2. The summed E-state index contributed by atoms with van der Waals surface area (Å²) in [6.45, 7) is 4.43. The molecule has 0 amide bonds. The molecule has 1 aromatic carbocycles. The fraction of sp³-hybridized carbons (Fsp3) is 0.565. The maximum Gasteiger partial charge on any atom is 0.162 e. The van der Waals surface area contributed by atoms with Crippen LogP contribution in [0.4, 0.5) is 4.39 Å². The van der Waals surface area contributed by atoms with Gasteiger partial charge >= 0.3 is 0 Å². The molecule has 1 aliphatic rings. The van der Waals surface area contributed by atoms with Gasteiger partial charge in [0.2, 0.25) is 0 Å². The molecule has 0 atom stereocenters. The standard InChI is InChI=1S/C23H31FN2/c1-3-5-20-15-25-23(26-16-20)21-13-12-19(14-22(21)24)11-10-18-8-6-17(4-2)7-9-18/h12-18H,3-11H2,1-2H3. The second-order valence-corrected chi connectivity index (χ2v) is 7.81. The van der Waals surface area contributed by atoms with Crippen molar-refractivity contribution in [3.8, 4) is 11.4 Å². The van der Waals surface area contributed by atoms with E-state index < -0.39 is 0 Å². The lowest BCUT2D eigenvalue weighted by Crippen LogP contribution is -2.14. The van der Waals surface area contributed by atoms with Crippen molar-refractivity contribution in [3.05, 3.63) is 47.5 Å². The second-order valence-electron chi connectivity index (χ2n) is 7.81.